The summed E-state index contributed by atoms with van der Waals surface area (Å²) in [5.41, 5.74) is 2.34. The van der Waals surface area contributed by atoms with Gasteiger partial charge in [0, 0.05) is 30.7 Å². The Balaban J connectivity index is 1.49. The highest BCUT2D eigenvalue weighted by atomic mass is 16.2. The molecule has 7 heteroatoms. The minimum atomic E-state index is -0.227. The molecule has 31 heavy (non-hydrogen) atoms. The third kappa shape index (κ3) is 3.52. The second kappa shape index (κ2) is 7.83. The van der Waals surface area contributed by atoms with Crippen LogP contribution in [0.3, 0.4) is 0 Å². The summed E-state index contributed by atoms with van der Waals surface area (Å²) in [6, 6.07) is 19.0. The molecule has 4 aromatic rings. The zero-order valence-electron chi connectivity index (χ0n) is 17.3. The zero-order valence-corrected chi connectivity index (χ0v) is 17.3. The Morgan fingerprint density at radius 2 is 1.94 bits per heavy atom. The molecular weight excluding hydrogens is 390 g/mol. The van der Waals surface area contributed by atoms with Gasteiger partial charge in [-0.15, -0.1) is 0 Å². The molecule has 1 aliphatic rings. The van der Waals surface area contributed by atoms with Crippen LogP contribution in [0.5, 0.6) is 0 Å². The van der Waals surface area contributed by atoms with Gasteiger partial charge in [0.25, 0.3) is 5.91 Å². The third-order valence-electron chi connectivity index (χ3n) is 5.88. The van der Waals surface area contributed by atoms with Crippen molar-refractivity contribution in [2.45, 2.75) is 25.4 Å². The molecular formula is C24H23N5O2. The molecule has 0 radical (unpaired) electrons. The number of aryl methyl sites for hydroxylation is 1. The van der Waals surface area contributed by atoms with Gasteiger partial charge in [-0.3, -0.25) is 14.3 Å². The molecule has 1 atom stereocenters. The van der Waals surface area contributed by atoms with Crippen molar-refractivity contribution in [1.29, 1.82) is 0 Å². The van der Waals surface area contributed by atoms with Crippen molar-refractivity contribution in [2.75, 3.05) is 6.54 Å². The standard InChI is InChI=1S/C24H23N5O2/c1-27-24(31)29(16-17-7-3-2-4-8-17)22(26-27)21-10-6-14-28(21)23(30)19-11-12-20-18(15-19)9-5-13-25-20/h2-5,7-9,11-13,15,21H,6,10,14,16H2,1H3. The van der Waals surface area contributed by atoms with E-state index in [-0.39, 0.29) is 17.6 Å². The second-order valence-corrected chi connectivity index (χ2v) is 7.90. The van der Waals surface area contributed by atoms with E-state index < -0.39 is 0 Å². The lowest BCUT2D eigenvalue weighted by molar-refractivity contribution is 0.0727. The lowest BCUT2D eigenvalue weighted by atomic mass is 10.1. The van der Waals surface area contributed by atoms with Gasteiger partial charge >= 0.3 is 5.69 Å². The van der Waals surface area contributed by atoms with Crippen LogP contribution in [0.2, 0.25) is 0 Å². The summed E-state index contributed by atoms with van der Waals surface area (Å²) in [5, 5.41) is 5.46. The van der Waals surface area contributed by atoms with Gasteiger partial charge in [-0.25, -0.2) is 9.48 Å². The van der Waals surface area contributed by atoms with Gasteiger partial charge in [-0.2, -0.15) is 5.10 Å². The molecule has 0 saturated carbocycles. The fourth-order valence-electron chi connectivity index (χ4n) is 4.34. The molecule has 1 aliphatic heterocycles. The topological polar surface area (TPSA) is 73.0 Å². The molecule has 156 valence electrons. The number of benzene rings is 2. The normalized spacial score (nSPS) is 16.2. The lowest BCUT2D eigenvalue weighted by Crippen LogP contribution is -2.33. The first-order chi connectivity index (χ1) is 15.1. The summed E-state index contributed by atoms with van der Waals surface area (Å²) in [6.07, 6.45) is 3.40. The molecule has 7 nitrogen and oxygen atoms in total. The van der Waals surface area contributed by atoms with E-state index in [4.69, 9.17) is 0 Å². The summed E-state index contributed by atoms with van der Waals surface area (Å²) in [5.74, 6) is 0.599. The first-order valence-electron chi connectivity index (χ1n) is 10.5. The Labute approximate surface area is 179 Å². The molecule has 2 aromatic carbocycles. The van der Waals surface area contributed by atoms with Crippen LogP contribution < -0.4 is 5.69 Å². The number of amides is 1. The molecule has 0 spiro atoms. The highest BCUT2D eigenvalue weighted by molar-refractivity contribution is 5.98. The summed E-state index contributed by atoms with van der Waals surface area (Å²) in [7, 11) is 1.66. The maximum atomic E-state index is 13.4. The number of carbonyl (C=O) groups excluding carboxylic acids is 1. The number of aromatic nitrogens is 4. The Morgan fingerprint density at radius 3 is 2.77 bits per heavy atom. The lowest BCUT2D eigenvalue weighted by Gasteiger charge is -2.24. The van der Waals surface area contributed by atoms with Crippen molar-refractivity contribution in [2.24, 2.45) is 7.05 Å². The minimum Gasteiger partial charge on any atom is -0.328 e. The average Bonchev–Trinajstić information content (AvgIpc) is 3.39. The highest BCUT2D eigenvalue weighted by Crippen LogP contribution is 2.32. The van der Waals surface area contributed by atoms with E-state index in [9.17, 15) is 9.59 Å². The quantitative estimate of drug-likeness (QED) is 0.515. The zero-order chi connectivity index (χ0) is 21.4. The largest absolute Gasteiger partial charge is 0.346 e. The van der Waals surface area contributed by atoms with Crippen molar-refractivity contribution in [3.63, 3.8) is 0 Å². The highest BCUT2D eigenvalue weighted by Gasteiger charge is 2.35. The number of rotatable bonds is 4. The van der Waals surface area contributed by atoms with Crippen LogP contribution in [0.1, 0.15) is 40.6 Å². The molecule has 1 saturated heterocycles. The number of pyridine rings is 1. The molecule has 0 N–H and O–H groups in total. The van der Waals surface area contributed by atoms with Crippen LogP contribution >= 0.6 is 0 Å². The molecule has 5 rings (SSSR count). The van der Waals surface area contributed by atoms with Gasteiger partial charge in [0.2, 0.25) is 0 Å². The van der Waals surface area contributed by atoms with Crippen LogP contribution in [-0.4, -0.2) is 36.7 Å². The Morgan fingerprint density at radius 1 is 1.10 bits per heavy atom. The van der Waals surface area contributed by atoms with Crippen LogP contribution in [0.25, 0.3) is 10.9 Å². The third-order valence-corrected chi connectivity index (χ3v) is 5.88. The summed E-state index contributed by atoms with van der Waals surface area (Å²) < 4.78 is 3.05. The number of nitrogens with zero attached hydrogens (tertiary/aromatic N) is 5. The molecule has 1 unspecified atom stereocenters. The van der Waals surface area contributed by atoms with Crippen molar-refractivity contribution < 1.29 is 4.79 Å². The van der Waals surface area contributed by atoms with Gasteiger partial charge in [0.05, 0.1) is 18.1 Å². The van der Waals surface area contributed by atoms with Gasteiger partial charge < -0.3 is 4.90 Å². The van der Waals surface area contributed by atoms with Crippen molar-refractivity contribution in [3.05, 3.63) is 94.3 Å². The minimum absolute atomic E-state index is 0.0439. The smallest absolute Gasteiger partial charge is 0.328 e. The van der Waals surface area contributed by atoms with Gasteiger partial charge in [0.15, 0.2) is 5.82 Å². The molecule has 0 bridgehead atoms. The number of likely N-dealkylation sites (tertiary alicyclic amines) is 1. The second-order valence-electron chi connectivity index (χ2n) is 7.90. The van der Waals surface area contributed by atoms with E-state index in [1.54, 1.807) is 17.8 Å². The van der Waals surface area contributed by atoms with E-state index in [2.05, 4.69) is 10.1 Å². The summed E-state index contributed by atoms with van der Waals surface area (Å²) >= 11 is 0. The maximum absolute atomic E-state index is 13.4. The average molecular weight is 413 g/mol. The van der Waals surface area contributed by atoms with Gasteiger partial charge in [0.1, 0.15) is 0 Å². The van der Waals surface area contributed by atoms with E-state index in [0.29, 0.717) is 24.5 Å². The van der Waals surface area contributed by atoms with E-state index in [1.807, 2.05) is 65.6 Å². The van der Waals surface area contributed by atoms with Crippen LogP contribution in [0.15, 0.2) is 71.7 Å². The van der Waals surface area contributed by atoms with E-state index >= 15 is 0 Å². The fraction of sp³-hybridized carbons (Fsp3) is 0.250. The maximum Gasteiger partial charge on any atom is 0.346 e. The molecule has 1 fully saturated rings. The number of hydrogen-bond acceptors (Lipinski definition) is 4. The van der Waals surface area contributed by atoms with E-state index in [1.165, 1.54) is 4.68 Å². The van der Waals surface area contributed by atoms with Crippen molar-refractivity contribution in [3.8, 4) is 0 Å². The first kappa shape index (κ1) is 19.2. The SMILES string of the molecule is Cn1nc(C2CCCN2C(=O)c2ccc3ncccc3c2)n(Cc2ccccc2)c1=O. The Bertz CT molecular complexity index is 1310. The number of carbonyl (C=O) groups is 1. The Kier molecular flexibility index (Phi) is 4.86. The molecule has 2 aromatic heterocycles. The van der Waals surface area contributed by atoms with Crippen LogP contribution in [-0.2, 0) is 13.6 Å². The van der Waals surface area contributed by atoms with Crippen LogP contribution in [0, 0.1) is 0 Å². The van der Waals surface area contributed by atoms with Crippen LogP contribution in [0.4, 0.5) is 0 Å². The monoisotopic (exact) mass is 413 g/mol. The predicted octanol–water partition coefficient (Wildman–Crippen LogP) is 3.16. The molecule has 3 heterocycles. The predicted molar refractivity (Wildman–Crippen MR) is 118 cm³/mol. The summed E-state index contributed by atoms with van der Waals surface area (Å²) in [6.45, 7) is 1.08. The van der Waals surface area contributed by atoms with Crippen molar-refractivity contribution in [1.82, 2.24) is 24.2 Å². The van der Waals surface area contributed by atoms with Gasteiger partial charge in [-0.05, 0) is 42.7 Å². The first-order valence-corrected chi connectivity index (χ1v) is 10.5. The van der Waals surface area contributed by atoms with E-state index in [0.717, 1.165) is 29.3 Å². The number of hydrogen-bond donors (Lipinski definition) is 0. The fourth-order valence-corrected chi connectivity index (χ4v) is 4.34. The number of fused-ring (bicyclic) bond motifs is 1. The molecule has 1 amide bonds. The summed E-state index contributed by atoms with van der Waals surface area (Å²) in [4.78, 5) is 32.4. The molecule has 0 aliphatic carbocycles. The van der Waals surface area contributed by atoms with Crippen molar-refractivity contribution >= 4 is 16.8 Å². The van der Waals surface area contributed by atoms with Gasteiger partial charge in [-0.1, -0.05) is 36.4 Å². The Hall–Kier alpha value is -3.74.